The number of aliphatic hydroxyl groups is 1. The highest BCUT2D eigenvalue weighted by atomic mass is 16.5. The molecule has 0 aromatic heterocycles. The Morgan fingerprint density at radius 1 is 1.23 bits per heavy atom. The number of benzene rings is 2. The van der Waals surface area contributed by atoms with Gasteiger partial charge in [0.2, 0.25) is 0 Å². The fourth-order valence-electron chi connectivity index (χ4n) is 4.42. The summed E-state index contributed by atoms with van der Waals surface area (Å²) in [5.74, 6) is 0.596. The number of nitrogens with zero attached hydrogens (tertiary/aromatic N) is 1. The second-order valence-electron chi connectivity index (χ2n) is 8.40. The molecule has 2 aliphatic rings. The van der Waals surface area contributed by atoms with E-state index in [0.29, 0.717) is 17.9 Å². The number of fused-ring (bicyclic) bond motifs is 1. The van der Waals surface area contributed by atoms with Gasteiger partial charge in [-0.3, -0.25) is 9.69 Å². The molecule has 0 spiro atoms. The summed E-state index contributed by atoms with van der Waals surface area (Å²) in [7, 11) is 0. The van der Waals surface area contributed by atoms with Crippen LogP contribution in [0.15, 0.2) is 48.7 Å². The average molecular weight is 422 g/mol. The van der Waals surface area contributed by atoms with E-state index in [9.17, 15) is 9.90 Å². The van der Waals surface area contributed by atoms with Gasteiger partial charge in [0.1, 0.15) is 5.75 Å². The number of carbonyl (C=O) groups excluding carboxylic acids is 1. The number of rotatable bonds is 6. The molecule has 6 nitrogen and oxygen atoms in total. The molecule has 164 valence electrons. The highest BCUT2D eigenvalue weighted by molar-refractivity contribution is 5.98. The smallest absolute Gasteiger partial charge is 0.260 e. The predicted molar refractivity (Wildman–Crippen MR) is 122 cm³/mol. The summed E-state index contributed by atoms with van der Waals surface area (Å²) in [5.41, 5.74) is 10.4. The number of nitrogens with one attached hydrogen (secondary N) is 1. The number of hydrogen-bond acceptors (Lipinski definition) is 5. The third-order valence-corrected chi connectivity index (χ3v) is 6.24. The minimum Gasteiger partial charge on any atom is -0.472 e. The van der Waals surface area contributed by atoms with E-state index < -0.39 is 6.10 Å². The number of aliphatic hydroxyl groups excluding tert-OH is 1. The molecule has 4 rings (SSSR count). The molecule has 2 atom stereocenters. The van der Waals surface area contributed by atoms with Crippen LogP contribution in [-0.2, 0) is 6.42 Å². The number of hydrogen-bond donors (Lipinski definition) is 3. The summed E-state index contributed by atoms with van der Waals surface area (Å²) in [4.78, 5) is 15.0. The van der Waals surface area contributed by atoms with Gasteiger partial charge in [0, 0.05) is 12.2 Å². The molecule has 6 heteroatoms. The maximum Gasteiger partial charge on any atom is 0.260 e. The van der Waals surface area contributed by atoms with Gasteiger partial charge < -0.3 is 20.9 Å². The van der Waals surface area contributed by atoms with Gasteiger partial charge in [-0.2, -0.15) is 0 Å². The maximum absolute atomic E-state index is 13.3. The predicted octanol–water partition coefficient (Wildman–Crippen LogP) is 3.57. The van der Waals surface area contributed by atoms with Crippen LogP contribution in [0.3, 0.4) is 0 Å². The molecule has 31 heavy (non-hydrogen) atoms. The molecular formula is C25H31N3O3. The van der Waals surface area contributed by atoms with Gasteiger partial charge in [0.05, 0.1) is 17.7 Å². The van der Waals surface area contributed by atoms with Gasteiger partial charge in [-0.05, 0) is 73.3 Å². The van der Waals surface area contributed by atoms with Crippen LogP contribution in [0.2, 0.25) is 0 Å². The van der Waals surface area contributed by atoms with Crippen LogP contribution in [0.5, 0.6) is 5.75 Å². The van der Waals surface area contributed by atoms with Crippen LogP contribution in [0.4, 0.5) is 5.69 Å². The quantitative estimate of drug-likeness (QED) is 0.664. The molecule has 4 N–H and O–H groups in total. The fourth-order valence-corrected chi connectivity index (χ4v) is 4.42. The lowest BCUT2D eigenvalue weighted by molar-refractivity contribution is -0.0124. The van der Waals surface area contributed by atoms with Crippen molar-refractivity contribution in [2.45, 2.75) is 51.2 Å². The van der Waals surface area contributed by atoms with Gasteiger partial charge in [-0.25, -0.2) is 0 Å². The minimum absolute atomic E-state index is 0.0420. The van der Waals surface area contributed by atoms with Gasteiger partial charge in [0.15, 0.2) is 6.73 Å². The Labute approximate surface area is 183 Å². The number of anilines is 1. The van der Waals surface area contributed by atoms with Crippen LogP contribution in [0.1, 0.15) is 52.7 Å². The normalized spacial score (nSPS) is 21.1. The number of amides is 1. The van der Waals surface area contributed by atoms with E-state index >= 15 is 0 Å². The lowest BCUT2D eigenvalue weighted by Gasteiger charge is -2.39. The molecular weight excluding hydrogens is 390 g/mol. The molecule has 0 bridgehead atoms. The summed E-state index contributed by atoms with van der Waals surface area (Å²) in [6, 6.07) is 12.0. The van der Waals surface area contributed by atoms with Crippen molar-refractivity contribution in [2.24, 2.45) is 5.73 Å². The molecule has 2 aromatic rings. The van der Waals surface area contributed by atoms with Gasteiger partial charge in [-0.1, -0.05) is 31.1 Å². The molecule has 1 saturated carbocycles. The summed E-state index contributed by atoms with van der Waals surface area (Å²) in [5, 5.41) is 13.6. The maximum atomic E-state index is 13.3. The first-order valence-corrected chi connectivity index (χ1v) is 11.0. The Morgan fingerprint density at radius 2 is 2.00 bits per heavy atom. The molecule has 1 aliphatic heterocycles. The van der Waals surface area contributed by atoms with E-state index in [1.807, 2.05) is 43.5 Å². The monoisotopic (exact) mass is 421 g/mol. The van der Waals surface area contributed by atoms with Crippen molar-refractivity contribution in [3.63, 3.8) is 0 Å². The third-order valence-electron chi connectivity index (χ3n) is 6.24. The molecule has 2 aromatic carbocycles. The van der Waals surface area contributed by atoms with Crippen molar-refractivity contribution < 1.29 is 14.6 Å². The number of carbonyl (C=O) groups is 1. The zero-order valence-corrected chi connectivity index (χ0v) is 18.0. The fraction of sp³-hybridized carbons (Fsp3) is 0.400. The van der Waals surface area contributed by atoms with Crippen molar-refractivity contribution in [3.8, 4) is 5.75 Å². The van der Waals surface area contributed by atoms with E-state index in [1.165, 1.54) is 5.56 Å². The first-order valence-electron chi connectivity index (χ1n) is 11.0. The zero-order chi connectivity index (χ0) is 21.8. The highest BCUT2D eigenvalue weighted by Crippen LogP contribution is 2.33. The molecule has 1 heterocycles. The van der Waals surface area contributed by atoms with Crippen LogP contribution in [0.25, 0.3) is 0 Å². The zero-order valence-electron chi connectivity index (χ0n) is 18.0. The lowest BCUT2D eigenvalue weighted by Crippen LogP contribution is -2.51. The van der Waals surface area contributed by atoms with Crippen LogP contribution < -0.4 is 15.8 Å². The summed E-state index contributed by atoms with van der Waals surface area (Å²) < 4.78 is 5.93. The Bertz CT molecular complexity index is 955. The van der Waals surface area contributed by atoms with Crippen molar-refractivity contribution in [2.75, 3.05) is 18.6 Å². The largest absolute Gasteiger partial charge is 0.472 e. The summed E-state index contributed by atoms with van der Waals surface area (Å²) in [6.07, 6.45) is 7.57. The SMILES string of the molecule is Cc1cc2c(cc1Cc1ccc(N/C=C\CN)cc1)C(=O)N([C@H]1CCCC[C@@H]1O)CO2. The van der Waals surface area contributed by atoms with Crippen molar-refractivity contribution in [1.82, 2.24) is 4.90 Å². The van der Waals surface area contributed by atoms with E-state index in [4.69, 9.17) is 10.5 Å². The second-order valence-corrected chi connectivity index (χ2v) is 8.40. The minimum atomic E-state index is -0.473. The standard InChI is InChI=1S/C25H31N3O3/c1-17-13-24-21(25(30)28(16-31-24)22-5-2-3-6-23(22)29)15-19(17)14-18-7-9-20(10-8-18)27-12-4-11-26/h4,7-10,12-13,15,22-23,27,29H,2-3,5-6,11,14,16,26H2,1H3/b12-4-/t22-,23-/m0/s1. The Morgan fingerprint density at radius 3 is 2.74 bits per heavy atom. The van der Waals surface area contributed by atoms with E-state index in [1.54, 1.807) is 4.90 Å². The van der Waals surface area contributed by atoms with Crippen LogP contribution in [0, 0.1) is 6.92 Å². The highest BCUT2D eigenvalue weighted by Gasteiger charge is 2.36. The number of nitrogens with two attached hydrogens (primary N) is 1. The first kappa shape index (κ1) is 21.4. The first-order chi connectivity index (χ1) is 15.1. The van der Waals surface area contributed by atoms with Crippen molar-refractivity contribution in [3.05, 3.63) is 70.9 Å². The average Bonchev–Trinajstić information content (AvgIpc) is 2.77. The van der Waals surface area contributed by atoms with E-state index in [0.717, 1.165) is 48.9 Å². The topological polar surface area (TPSA) is 87.8 Å². The Hall–Kier alpha value is -2.83. The van der Waals surface area contributed by atoms with E-state index in [-0.39, 0.29) is 18.7 Å². The molecule has 0 unspecified atom stereocenters. The van der Waals surface area contributed by atoms with Crippen molar-refractivity contribution >= 4 is 11.6 Å². The Balaban J connectivity index is 1.52. The van der Waals surface area contributed by atoms with Crippen molar-refractivity contribution in [1.29, 1.82) is 0 Å². The van der Waals surface area contributed by atoms with Crippen LogP contribution >= 0.6 is 0 Å². The molecule has 1 aliphatic carbocycles. The van der Waals surface area contributed by atoms with Gasteiger partial charge in [0.25, 0.3) is 5.91 Å². The number of ether oxygens (including phenoxy) is 1. The number of aryl methyl sites for hydroxylation is 1. The lowest BCUT2D eigenvalue weighted by atomic mass is 9.90. The van der Waals surface area contributed by atoms with Gasteiger partial charge >= 0.3 is 0 Å². The third kappa shape index (κ3) is 4.75. The molecule has 1 fully saturated rings. The van der Waals surface area contributed by atoms with Crippen LogP contribution in [-0.4, -0.2) is 41.3 Å². The van der Waals surface area contributed by atoms with E-state index in [2.05, 4.69) is 17.4 Å². The summed E-state index contributed by atoms with van der Waals surface area (Å²) in [6.45, 7) is 2.76. The Kier molecular flexibility index (Phi) is 6.59. The van der Waals surface area contributed by atoms with Gasteiger partial charge in [-0.15, -0.1) is 0 Å². The molecule has 1 amide bonds. The molecule has 0 saturated heterocycles. The second kappa shape index (κ2) is 9.54. The summed E-state index contributed by atoms with van der Waals surface area (Å²) >= 11 is 0. The molecule has 0 radical (unpaired) electrons.